The van der Waals surface area contributed by atoms with E-state index in [1.54, 1.807) is 41.2 Å². The van der Waals surface area contributed by atoms with Crippen LogP contribution >= 0.6 is 0 Å². The van der Waals surface area contributed by atoms with Crippen LogP contribution in [0.15, 0.2) is 36.7 Å². The van der Waals surface area contributed by atoms with Gasteiger partial charge in [0.1, 0.15) is 18.4 Å². The minimum absolute atomic E-state index is 0.365. The third kappa shape index (κ3) is 2.66. The zero-order valence-electron chi connectivity index (χ0n) is 9.58. The maximum Gasteiger partial charge on any atom is 0.212 e. The lowest BCUT2D eigenvalue weighted by molar-refractivity contribution is 0.297. The first-order valence-corrected chi connectivity index (χ1v) is 5.37. The molecule has 0 aliphatic heterocycles. The highest BCUT2D eigenvalue weighted by Gasteiger charge is 2.01. The van der Waals surface area contributed by atoms with Crippen LogP contribution in [0.5, 0.6) is 5.75 Å². The number of ether oxygens (including phenoxy) is 1. The number of nitrogens with zero attached hydrogens (tertiary/aromatic N) is 4. The third-order valence-electron chi connectivity index (χ3n) is 2.38. The molecule has 0 unspecified atom stereocenters. The summed E-state index contributed by atoms with van der Waals surface area (Å²) < 4.78 is 7.23. The quantitative estimate of drug-likeness (QED) is 0.812. The Balaban J connectivity index is 1.93. The second kappa shape index (κ2) is 5.51. The average molecular weight is 238 g/mol. The van der Waals surface area contributed by atoms with Gasteiger partial charge in [-0.25, -0.2) is 4.98 Å². The van der Waals surface area contributed by atoms with Crippen molar-refractivity contribution in [2.75, 3.05) is 6.61 Å². The van der Waals surface area contributed by atoms with Crippen molar-refractivity contribution in [1.82, 2.24) is 9.55 Å². The number of hydrogen-bond acceptors (Lipinski definition) is 4. The van der Waals surface area contributed by atoms with Gasteiger partial charge in [-0.05, 0) is 18.2 Å². The van der Waals surface area contributed by atoms with Gasteiger partial charge in [0.2, 0.25) is 5.82 Å². The van der Waals surface area contributed by atoms with Gasteiger partial charge in [-0.1, -0.05) is 6.07 Å². The minimum Gasteiger partial charge on any atom is -0.492 e. The molecule has 0 amide bonds. The summed E-state index contributed by atoms with van der Waals surface area (Å²) in [4.78, 5) is 3.89. The number of benzene rings is 1. The molecule has 0 saturated heterocycles. The van der Waals surface area contributed by atoms with Crippen LogP contribution in [-0.4, -0.2) is 16.2 Å². The lowest BCUT2D eigenvalue weighted by Crippen LogP contribution is -2.09. The molecule has 0 spiro atoms. The number of aromatic nitrogens is 2. The van der Waals surface area contributed by atoms with Crippen LogP contribution in [0, 0.1) is 22.7 Å². The molecule has 0 saturated carbocycles. The maximum absolute atomic E-state index is 8.78. The zero-order chi connectivity index (χ0) is 12.8. The molecule has 0 aliphatic rings. The summed E-state index contributed by atoms with van der Waals surface area (Å²) in [6.45, 7) is 0.958. The molecular weight excluding hydrogens is 228 g/mol. The van der Waals surface area contributed by atoms with Crippen molar-refractivity contribution >= 4 is 0 Å². The van der Waals surface area contributed by atoms with Crippen LogP contribution in [0.2, 0.25) is 0 Å². The Labute approximate surface area is 104 Å². The fraction of sp³-hybridized carbons (Fsp3) is 0.154. The summed E-state index contributed by atoms with van der Waals surface area (Å²) in [5.41, 5.74) is 0.563. The van der Waals surface area contributed by atoms with Crippen molar-refractivity contribution in [1.29, 1.82) is 10.5 Å². The maximum atomic E-state index is 8.78. The normalized spacial score (nSPS) is 9.44. The summed E-state index contributed by atoms with van der Waals surface area (Å²) in [6.07, 6.45) is 3.31. The number of rotatable bonds is 4. The third-order valence-corrected chi connectivity index (χ3v) is 2.38. The molecule has 5 nitrogen and oxygen atoms in total. The van der Waals surface area contributed by atoms with Gasteiger partial charge in [-0.2, -0.15) is 10.5 Å². The molecular formula is C13H10N4O. The number of nitriles is 2. The Morgan fingerprint density at radius 1 is 1.28 bits per heavy atom. The lowest BCUT2D eigenvalue weighted by atomic mass is 10.2. The summed E-state index contributed by atoms with van der Waals surface area (Å²) in [5, 5.41) is 17.5. The van der Waals surface area contributed by atoms with Gasteiger partial charge in [0.25, 0.3) is 0 Å². The summed E-state index contributed by atoms with van der Waals surface area (Å²) in [5.74, 6) is 1.01. The van der Waals surface area contributed by atoms with E-state index in [1.807, 2.05) is 6.07 Å². The summed E-state index contributed by atoms with van der Waals surface area (Å²) >= 11 is 0. The van der Waals surface area contributed by atoms with Gasteiger partial charge >= 0.3 is 0 Å². The van der Waals surface area contributed by atoms with Crippen molar-refractivity contribution in [2.24, 2.45) is 0 Å². The molecule has 1 heterocycles. The van der Waals surface area contributed by atoms with E-state index < -0.39 is 0 Å². The van der Waals surface area contributed by atoms with Gasteiger partial charge in [-0.3, -0.25) is 0 Å². The zero-order valence-corrected chi connectivity index (χ0v) is 9.58. The highest BCUT2D eigenvalue weighted by atomic mass is 16.5. The van der Waals surface area contributed by atoms with Crippen molar-refractivity contribution in [3.05, 3.63) is 48.0 Å². The van der Waals surface area contributed by atoms with Gasteiger partial charge in [0.05, 0.1) is 18.2 Å². The SMILES string of the molecule is N#Cc1cccc(OCCn2ccnc2C#N)c1. The van der Waals surface area contributed by atoms with E-state index in [9.17, 15) is 0 Å². The highest BCUT2D eigenvalue weighted by molar-refractivity contribution is 5.36. The van der Waals surface area contributed by atoms with E-state index in [0.717, 1.165) is 0 Å². The topological polar surface area (TPSA) is 74.6 Å². The van der Waals surface area contributed by atoms with E-state index >= 15 is 0 Å². The van der Waals surface area contributed by atoms with E-state index in [-0.39, 0.29) is 0 Å². The first-order valence-electron chi connectivity index (χ1n) is 5.37. The van der Waals surface area contributed by atoms with Crippen LogP contribution < -0.4 is 4.74 Å². The number of hydrogen-bond donors (Lipinski definition) is 0. The second-order valence-electron chi connectivity index (χ2n) is 3.54. The first kappa shape index (κ1) is 11.7. The Hall–Kier alpha value is -2.79. The van der Waals surface area contributed by atoms with Crippen LogP contribution in [0.25, 0.3) is 0 Å². The Morgan fingerprint density at radius 2 is 2.17 bits per heavy atom. The fourth-order valence-corrected chi connectivity index (χ4v) is 1.52. The molecule has 0 bridgehead atoms. The molecule has 18 heavy (non-hydrogen) atoms. The Morgan fingerprint density at radius 3 is 2.94 bits per heavy atom. The highest BCUT2D eigenvalue weighted by Crippen LogP contribution is 2.12. The van der Waals surface area contributed by atoms with E-state index in [0.29, 0.717) is 30.3 Å². The summed E-state index contributed by atoms with van der Waals surface area (Å²) in [7, 11) is 0. The number of imidazole rings is 1. The minimum atomic E-state index is 0.365. The molecule has 0 N–H and O–H groups in total. The first-order chi connectivity index (χ1) is 8.83. The predicted molar refractivity (Wildman–Crippen MR) is 63.6 cm³/mol. The lowest BCUT2D eigenvalue weighted by Gasteiger charge is -2.07. The standard InChI is InChI=1S/C13H10N4O/c14-9-11-2-1-3-12(8-11)18-7-6-17-5-4-16-13(17)10-15/h1-5,8H,6-7H2. The molecule has 0 atom stereocenters. The smallest absolute Gasteiger partial charge is 0.212 e. The Bertz CT molecular complexity index is 618. The van der Waals surface area contributed by atoms with Gasteiger partial charge in [0.15, 0.2) is 0 Å². The predicted octanol–water partition coefficient (Wildman–Crippen LogP) is 1.71. The van der Waals surface area contributed by atoms with Gasteiger partial charge in [0, 0.05) is 12.4 Å². The molecule has 1 aromatic carbocycles. The van der Waals surface area contributed by atoms with Crippen LogP contribution in [0.4, 0.5) is 0 Å². The largest absolute Gasteiger partial charge is 0.492 e. The molecule has 2 rings (SSSR count). The van der Waals surface area contributed by atoms with Crippen molar-refractivity contribution in [3.63, 3.8) is 0 Å². The van der Waals surface area contributed by atoms with Crippen molar-refractivity contribution in [2.45, 2.75) is 6.54 Å². The molecule has 0 radical (unpaired) electrons. The molecule has 2 aromatic rings. The molecule has 0 fully saturated rings. The summed E-state index contributed by atoms with van der Waals surface area (Å²) in [6, 6.07) is 11.0. The fourth-order valence-electron chi connectivity index (χ4n) is 1.52. The molecule has 5 heteroatoms. The van der Waals surface area contributed by atoms with Gasteiger partial charge < -0.3 is 9.30 Å². The Kier molecular flexibility index (Phi) is 3.58. The second-order valence-corrected chi connectivity index (χ2v) is 3.54. The van der Waals surface area contributed by atoms with E-state index in [4.69, 9.17) is 15.3 Å². The van der Waals surface area contributed by atoms with Gasteiger partial charge in [-0.15, -0.1) is 0 Å². The van der Waals surface area contributed by atoms with Crippen molar-refractivity contribution < 1.29 is 4.74 Å². The molecule has 88 valence electrons. The average Bonchev–Trinajstić information content (AvgIpc) is 2.86. The van der Waals surface area contributed by atoms with Crippen LogP contribution in [-0.2, 0) is 6.54 Å². The van der Waals surface area contributed by atoms with E-state index in [1.165, 1.54) is 0 Å². The van der Waals surface area contributed by atoms with Crippen molar-refractivity contribution in [3.8, 4) is 17.9 Å². The monoisotopic (exact) mass is 238 g/mol. The van der Waals surface area contributed by atoms with Crippen LogP contribution in [0.3, 0.4) is 0 Å². The van der Waals surface area contributed by atoms with Crippen LogP contribution in [0.1, 0.15) is 11.4 Å². The molecule has 1 aromatic heterocycles. The molecule has 0 aliphatic carbocycles. The van der Waals surface area contributed by atoms with E-state index in [2.05, 4.69) is 11.1 Å².